The molecule has 1 aromatic rings. The summed E-state index contributed by atoms with van der Waals surface area (Å²) in [7, 11) is 0. The number of para-hydroxylation sites is 1. The number of rotatable bonds is 2. The largest absolute Gasteiger partial charge is 0.339 e. The molecule has 0 aliphatic carbocycles. The summed E-state index contributed by atoms with van der Waals surface area (Å²) in [6.45, 7) is 3.88. The van der Waals surface area contributed by atoms with E-state index < -0.39 is 5.92 Å². The Bertz CT molecular complexity index is 747. The summed E-state index contributed by atoms with van der Waals surface area (Å²) in [5.41, 5.74) is 0.991. The first-order valence-corrected chi connectivity index (χ1v) is 8.35. The van der Waals surface area contributed by atoms with Gasteiger partial charge in [0, 0.05) is 46.1 Å². The standard InChI is InChI=1S/C18H20N4O3/c1-13(23)20-6-8-21(9-7-20)18(25)15-10-17(24)22(12-15)16-5-3-2-4-14(16)11-19/h2-5,15H,6-10,12H2,1H3. The molecule has 1 atom stereocenters. The van der Waals surface area contributed by atoms with Gasteiger partial charge in [-0.3, -0.25) is 14.4 Å². The predicted octanol–water partition coefficient (Wildman–Crippen LogP) is 0.602. The summed E-state index contributed by atoms with van der Waals surface area (Å²) < 4.78 is 0. The molecule has 0 radical (unpaired) electrons. The second kappa shape index (κ2) is 6.93. The van der Waals surface area contributed by atoms with Crippen molar-refractivity contribution < 1.29 is 14.4 Å². The van der Waals surface area contributed by atoms with E-state index in [4.69, 9.17) is 0 Å². The van der Waals surface area contributed by atoms with Crippen LogP contribution in [0.3, 0.4) is 0 Å². The molecule has 0 saturated carbocycles. The van der Waals surface area contributed by atoms with E-state index in [0.717, 1.165) is 0 Å². The van der Waals surface area contributed by atoms with Crippen LogP contribution < -0.4 is 4.90 Å². The molecule has 2 heterocycles. The van der Waals surface area contributed by atoms with Crippen molar-refractivity contribution in [3.8, 4) is 6.07 Å². The lowest BCUT2D eigenvalue weighted by atomic mass is 10.1. The van der Waals surface area contributed by atoms with Crippen molar-refractivity contribution in [2.75, 3.05) is 37.6 Å². The third-order valence-electron chi connectivity index (χ3n) is 4.83. The summed E-state index contributed by atoms with van der Waals surface area (Å²) >= 11 is 0. The van der Waals surface area contributed by atoms with Gasteiger partial charge in [0.2, 0.25) is 17.7 Å². The smallest absolute Gasteiger partial charge is 0.228 e. The second-order valence-corrected chi connectivity index (χ2v) is 6.37. The molecular weight excluding hydrogens is 320 g/mol. The molecule has 3 amide bonds. The number of piperazine rings is 1. The van der Waals surface area contributed by atoms with Crippen LogP contribution in [0, 0.1) is 17.2 Å². The third kappa shape index (κ3) is 3.33. The molecule has 7 nitrogen and oxygen atoms in total. The monoisotopic (exact) mass is 340 g/mol. The van der Waals surface area contributed by atoms with Gasteiger partial charge >= 0.3 is 0 Å². The number of amides is 3. The quantitative estimate of drug-likeness (QED) is 0.789. The number of anilines is 1. The van der Waals surface area contributed by atoms with Crippen LogP contribution in [0.5, 0.6) is 0 Å². The SMILES string of the molecule is CC(=O)N1CCN(C(=O)C2CC(=O)N(c3ccccc3C#N)C2)CC1. The van der Waals surface area contributed by atoms with E-state index >= 15 is 0 Å². The number of hydrogen-bond donors (Lipinski definition) is 0. The fraction of sp³-hybridized carbons (Fsp3) is 0.444. The van der Waals surface area contributed by atoms with Crippen LogP contribution in [-0.4, -0.2) is 60.2 Å². The van der Waals surface area contributed by atoms with E-state index in [1.165, 1.54) is 11.8 Å². The van der Waals surface area contributed by atoms with Crippen LogP contribution in [0.1, 0.15) is 18.9 Å². The minimum absolute atomic E-state index is 0.0161. The highest BCUT2D eigenvalue weighted by Crippen LogP contribution is 2.29. The molecule has 0 aromatic heterocycles. The van der Waals surface area contributed by atoms with Crippen LogP contribution >= 0.6 is 0 Å². The van der Waals surface area contributed by atoms with E-state index in [9.17, 15) is 19.6 Å². The molecule has 2 saturated heterocycles. The van der Waals surface area contributed by atoms with Crippen molar-refractivity contribution in [2.24, 2.45) is 5.92 Å². The Morgan fingerprint density at radius 3 is 2.40 bits per heavy atom. The van der Waals surface area contributed by atoms with E-state index in [1.54, 1.807) is 34.1 Å². The molecule has 0 spiro atoms. The van der Waals surface area contributed by atoms with Gasteiger partial charge in [-0.1, -0.05) is 12.1 Å². The fourth-order valence-electron chi connectivity index (χ4n) is 3.41. The van der Waals surface area contributed by atoms with Crippen molar-refractivity contribution >= 4 is 23.4 Å². The molecular formula is C18H20N4O3. The fourth-order valence-corrected chi connectivity index (χ4v) is 3.41. The molecule has 1 aromatic carbocycles. The van der Waals surface area contributed by atoms with Crippen LogP contribution in [0.25, 0.3) is 0 Å². The van der Waals surface area contributed by atoms with Crippen molar-refractivity contribution in [3.63, 3.8) is 0 Å². The number of carbonyl (C=O) groups is 3. The van der Waals surface area contributed by atoms with Gasteiger partial charge in [-0.25, -0.2) is 0 Å². The number of nitriles is 1. The van der Waals surface area contributed by atoms with Gasteiger partial charge in [-0.15, -0.1) is 0 Å². The first-order chi connectivity index (χ1) is 12.0. The number of carbonyl (C=O) groups excluding carboxylic acids is 3. The normalized spacial score (nSPS) is 20.6. The van der Waals surface area contributed by atoms with Gasteiger partial charge in [-0.05, 0) is 12.1 Å². The highest BCUT2D eigenvalue weighted by Gasteiger charge is 2.38. The van der Waals surface area contributed by atoms with Crippen molar-refractivity contribution in [2.45, 2.75) is 13.3 Å². The maximum atomic E-state index is 12.7. The molecule has 25 heavy (non-hydrogen) atoms. The summed E-state index contributed by atoms with van der Waals surface area (Å²) in [5.74, 6) is -0.567. The summed E-state index contributed by atoms with van der Waals surface area (Å²) in [5, 5.41) is 9.22. The number of benzene rings is 1. The highest BCUT2D eigenvalue weighted by atomic mass is 16.2. The van der Waals surface area contributed by atoms with Crippen LogP contribution in [-0.2, 0) is 14.4 Å². The van der Waals surface area contributed by atoms with Crippen molar-refractivity contribution in [3.05, 3.63) is 29.8 Å². The zero-order chi connectivity index (χ0) is 18.0. The zero-order valence-corrected chi connectivity index (χ0v) is 14.1. The molecule has 0 bridgehead atoms. The van der Waals surface area contributed by atoms with E-state index in [-0.39, 0.29) is 24.1 Å². The van der Waals surface area contributed by atoms with Gasteiger partial charge < -0.3 is 14.7 Å². The Hall–Kier alpha value is -2.88. The average molecular weight is 340 g/mol. The van der Waals surface area contributed by atoms with Gasteiger partial charge in [0.25, 0.3) is 0 Å². The van der Waals surface area contributed by atoms with Gasteiger partial charge in [0.1, 0.15) is 6.07 Å². The molecule has 3 rings (SSSR count). The minimum Gasteiger partial charge on any atom is -0.339 e. The number of nitrogens with zero attached hydrogens (tertiary/aromatic N) is 4. The lowest BCUT2D eigenvalue weighted by Gasteiger charge is -2.35. The van der Waals surface area contributed by atoms with E-state index in [0.29, 0.717) is 44.0 Å². The van der Waals surface area contributed by atoms with E-state index in [2.05, 4.69) is 6.07 Å². The summed E-state index contributed by atoms with van der Waals surface area (Å²) in [4.78, 5) is 41.5. The Morgan fingerprint density at radius 2 is 1.76 bits per heavy atom. The van der Waals surface area contributed by atoms with Gasteiger partial charge in [0.05, 0.1) is 17.2 Å². The topological polar surface area (TPSA) is 84.7 Å². The Balaban J connectivity index is 1.68. The molecule has 0 N–H and O–H groups in total. The molecule has 2 fully saturated rings. The Kier molecular flexibility index (Phi) is 4.70. The lowest BCUT2D eigenvalue weighted by Crippen LogP contribution is -2.51. The first kappa shape index (κ1) is 17.0. The molecule has 2 aliphatic heterocycles. The van der Waals surface area contributed by atoms with Crippen molar-refractivity contribution in [1.82, 2.24) is 9.80 Å². The third-order valence-corrected chi connectivity index (χ3v) is 4.83. The van der Waals surface area contributed by atoms with Gasteiger partial charge in [0.15, 0.2) is 0 Å². The minimum atomic E-state index is -0.400. The molecule has 130 valence electrons. The van der Waals surface area contributed by atoms with Crippen LogP contribution in [0.4, 0.5) is 5.69 Å². The molecule has 2 aliphatic rings. The van der Waals surface area contributed by atoms with Crippen LogP contribution in [0.2, 0.25) is 0 Å². The van der Waals surface area contributed by atoms with Gasteiger partial charge in [-0.2, -0.15) is 5.26 Å². The Morgan fingerprint density at radius 1 is 1.12 bits per heavy atom. The zero-order valence-electron chi connectivity index (χ0n) is 14.1. The van der Waals surface area contributed by atoms with Crippen molar-refractivity contribution in [1.29, 1.82) is 5.26 Å². The second-order valence-electron chi connectivity index (χ2n) is 6.37. The van der Waals surface area contributed by atoms with Crippen LogP contribution in [0.15, 0.2) is 24.3 Å². The molecule has 7 heteroatoms. The Labute approximate surface area is 146 Å². The molecule has 1 unspecified atom stereocenters. The average Bonchev–Trinajstić information content (AvgIpc) is 3.02. The highest BCUT2D eigenvalue weighted by molar-refractivity contribution is 6.01. The van der Waals surface area contributed by atoms with E-state index in [1.807, 2.05) is 0 Å². The predicted molar refractivity (Wildman–Crippen MR) is 90.5 cm³/mol. The summed E-state index contributed by atoms with van der Waals surface area (Å²) in [6, 6.07) is 9.01. The summed E-state index contributed by atoms with van der Waals surface area (Å²) in [6.07, 6.45) is 0.158. The first-order valence-electron chi connectivity index (χ1n) is 8.35. The lowest BCUT2D eigenvalue weighted by molar-refractivity contribution is -0.141. The maximum Gasteiger partial charge on any atom is 0.228 e. The maximum absolute atomic E-state index is 12.7. The number of hydrogen-bond acceptors (Lipinski definition) is 4.